The van der Waals surface area contributed by atoms with Gasteiger partial charge in [-0.15, -0.1) is 0 Å². The third-order valence-corrected chi connectivity index (χ3v) is 3.25. The second kappa shape index (κ2) is 5.89. The Morgan fingerprint density at radius 2 is 2.05 bits per heavy atom. The highest BCUT2D eigenvalue weighted by molar-refractivity contribution is 5.90. The average molecular weight is 259 g/mol. The number of fused-ring (bicyclic) bond motifs is 1. The van der Waals surface area contributed by atoms with Crippen molar-refractivity contribution in [2.75, 3.05) is 27.2 Å². The van der Waals surface area contributed by atoms with Crippen LogP contribution in [0.2, 0.25) is 0 Å². The Labute approximate surface area is 113 Å². The molecule has 2 aromatic rings. The maximum absolute atomic E-state index is 11.9. The third kappa shape index (κ3) is 3.35. The van der Waals surface area contributed by atoms with Crippen LogP contribution >= 0.6 is 0 Å². The van der Waals surface area contributed by atoms with Gasteiger partial charge in [0.05, 0.1) is 6.42 Å². The van der Waals surface area contributed by atoms with E-state index in [1.165, 1.54) is 0 Å². The summed E-state index contributed by atoms with van der Waals surface area (Å²) in [6, 6.07) is 8.10. The lowest BCUT2D eigenvalue weighted by Gasteiger charge is -2.10. The Bertz CT molecular complexity index is 572. The predicted molar refractivity (Wildman–Crippen MR) is 78.3 cm³/mol. The maximum Gasteiger partial charge on any atom is 0.224 e. The molecule has 19 heavy (non-hydrogen) atoms. The summed E-state index contributed by atoms with van der Waals surface area (Å²) in [5.41, 5.74) is 3.26. The molecule has 102 valence electrons. The lowest BCUT2D eigenvalue weighted by molar-refractivity contribution is -0.120. The molecule has 2 N–H and O–H groups in total. The van der Waals surface area contributed by atoms with E-state index in [0.29, 0.717) is 13.0 Å². The highest BCUT2D eigenvalue weighted by Crippen LogP contribution is 2.22. The number of likely N-dealkylation sites (N-methyl/N-ethyl adjacent to an activating group) is 1. The molecule has 0 saturated heterocycles. The van der Waals surface area contributed by atoms with Crippen molar-refractivity contribution in [2.45, 2.75) is 13.3 Å². The summed E-state index contributed by atoms with van der Waals surface area (Å²) in [5, 5.41) is 4.09. The first-order valence-electron chi connectivity index (χ1n) is 6.55. The number of rotatable bonds is 5. The van der Waals surface area contributed by atoms with Crippen molar-refractivity contribution in [3.63, 3.8) is 0 Å². The van der Waals surface area contributed by atoms with Crippen LogP contribution in [0, 0.1) is 6.92 Å². The SMILES string of the molecule is Cc1[nH]c2ccccc2c1CC(=O)NCCN(C)C. The number of hydrogen-bond donors (Lipinski definition) is 2. The molecule has 0 aliphatic rings. The van der Waals surface area contributed by atoms with E-state index >= 15 is 0 Å². The summed E-state index contributed by atoms with van der Waals surface area (Å²) in [7, 11) is 3.99. The van der Waals surface area contributed by atoms with Crippen molar-refractivity contribution in [1.29, 1.82) is 0 Å². The van der Waals surface area contributed by atoms with Crippen LogP contribution in [0.25, 0.3) is 10.9 Å². The zero-order valence-electron chi connectivity index (χ0n) is 11.8. The van der Waals surface area contributed by atoms with Crippen LogP contribution in [0.1, 0.15) is 11.3 Å². The lowest BCUT2D eigenvalue weighted by atomic mass is 10.1. The quantitative estimate of drug-likeness (QED) is 0.858. The first-order valence-corrected chi connectivity index (χ1v) is 6.55. The minimum absolute atomic E-state index is 0.0784. The molecular formula is C15H21N3O. The number of nitrogens with one attached hydrogen (secondary N) is 2. The summed E-state index contributed by atoms with van der Waals surface area (Å²) in [5.74, 6) is 0.0784. The highest BCUT2D eigenvalue weighted by atomic mass is 16.1. The van der Waals surface area contributed by atoms with Crippen LogP contribution in [0.4, 0.5) is 0 Å². The summed E-state index contributed by atoms with van der Waals surface area (Å²) < 4.78 is 0. The molecule has 4 nitrogen and oxygen atoms in total. The minimum atomic E-state index is 0.0784. The summed E-state index contributed by atoms with van der Waals surface area (Å²) in [6.07, 6.45) is 0.434. The Morgan fingerprint density at radius 3 is 2.79 bits per heavy atom. The van der Waals surface area contributed by atoms with Crippen molar-refractivity contribution in [3.8, 4) is 0 Å². The molecule has 0 unspecified atom stereocenters. The fraction of sp³-hybridized carbons (Fsp3) is 0.400. The fourth-order valence-electron chi connectivity index (χ4n) is 2.20. The molecule has 0 atom stereocenters. The van der Waals surface area contributed by atoms with Crippen molar-refractivity contribution in [3.05, 3.63) is 35.5 Å². The van der Waals surface area contributed by atoms with Gasteiger partial charge in [0.1, 0.15) is 0 Å². The standard InChI is InChI=1S/C15H21N3O/c1-11-13(10-15(19)16-8-9-18(2)3)12-6-4-5-7-14(12)17-11/h4-7,17H,8-10H2,1-3H3,(H,16,19). The average Bonchev–Trinajstić information content (AvgIpc) is 2.66. The first-order chi connectivity index (χ1) is 9.08. The van der Waals surface area contributed by atoms with Gasteiger partial charge in [-0.2, -0.15) is 0 Å². The number of aromatic amines is 1. The van der Waals surface area contributed by atoms with Crippen molar-refractivity contribution >= 4 is 16.8 Å². The number of H-pyrrole nitrogens is 1. The largest absolute Gasteiger partial charge is 0.358 e. The van der Waals surface area contributed by atoms with Crippen LogP contribution in [0.5, 0.6) is 0 Å². The molecule has 1 heterocycles. The Morgan fingerprint density at radius 1 is 1.32 bits per heavy atom. The Balaban J connectivity index is 2.04. The summed E-state index contributed by atoms with van der Waals surface area (Å²) in [4.78, 5) is 17.3. The van der Waals surface area contributed by atoms with E-state index in [-0.39, 0.29) is 5.91 Å². The zero-order valence-corrected chi connectivity index (χ0v) is 11.8. The molecule has 0 aliphatic carbocycles. The van der Waals surface area contributed by atoms with Crippen LogP contribution in [0.15, 0.2) is 24.3 Å². The molecule has 1 aromatic heterocycles. The minimum Gasteiger partial charge on any atom is -0.358 e. The van der Waals surface area contributed by atoms with E-state index in [9.17, 15) is 4.79 Å². The number of nitrogens with zero attached hydrogens (tertiary/aromatic N) is 1. The van der Waals surface area contributed by atoms with Gasteiger partial charge in [-0.25, -0.2) is 0 Å². The van der Waals surface area contributed by atoms with E-state index < -0.39 is 0 Å². The van der Waals surface area contributed by atoms with Gasteiger partial charge in [0.25, 0.3) is 0 Å². The molecule has 1 aromatic carbocycles. The number of benzene rings is 1. The van der Waals surface area contributed by atoms with Crippen LogP contribution in [-0.2, 0) is 11.2 Å². The third-order valence-electron chi connectivity index (χ3n) is 3.25. The number of hydrogen-bond acceptors (Lipinski definition) is 2. The molecule has 0 spiro atoms. The van der Waals surface area contributed by atoms with Gasteiger partial charge in [0.2, 0.25) is 5.91 Å². The zero-order chi connectivity index (χ0) is 13.8. The van der Waals surface area contributed by atoms with E-state index in [1.807, 2.05) is 39.2 Å². The monoisotopic (exact) mass is 259 g/mol. The van der Waals surface area contributed by atoms with Crippen molar-refractivity contribution in [2.24, 2.45) is 0 Å². The van der Waals surface area contributed by atoms with Gasteiger partial charge in [-0.05, 0) is 32.6 Å². The van der Waals surface area contributed by atoms with Gasteiger partial charge in [-0.3, -0.25) is 4.79 Å². The van der Waals surface area contributed by atoms with Crippen LogP contribution < -0.4 is 5.32 Å². The van der Waals surface area contributed by atoms with E-state index in [1.54, 1.807) is 0 Å². The normalized spacial score (nSPS) is 11.2. The van der Waals surface area contributed by atoms with E-state index in [2.05, 4.69) is 21.3 Å². The number of para-hydroxylation sites is 1. The predicted octanol–water partition coefficient (Wildman–Crippen LogP) is 1.70. The van der Waals surface area contributed by atoms with Gasteiger partial charge >= 0.3 is 0 Å². The lowest BCUT2D eigenvalue weighted by Crippen LogP contribution is -2.32. The van der Waals surface area contributed by atoms with E-state index in [4.69, 9.17) is 0 Å². The smallest absolute Gasteiger partial charge is 0.224 e. The topological polar surface area (TPSA) is 48.1 Å². The number of aromatic nitrogens is 1. The highest BCUT2D eigenvalue weighted by Gasteiger charge is 2.11. The Kier molecular flexibility index (Phi) is 4.22. The molecule has 2 rings (SSSR count). The number of carbonyl (C=O) groups excluding carboxylic acids is 1. The Hall–Kier alpha value is -1.81. The second-order valence-corrected chi connectivity index (χ2v) is 5.10. The summed E-state index contributed by atoms with van der Waals surface area (Å²) in [6.45, 7) is 3.56. The molecule has 1 amide bonds. The number of aryl methyl sites for hydroxylation is 1. The molecule has 4 heteroatoms. The van der Waals surface area contributed by atoms with Crippen molar-refractivity contribution in [1.82, 2.24) is 15.2 Å². The van der Waals surface area contributed by atoms with Gasteiger partial charge in [0.15, 0.2) is 0 Å². The molecular weight excluding hydrogens is 238 g/mol. The maximum atomic E-state index is 11.9. The van der Waals surface area contributed by atoms with E-state index in [0.717, 1.165) is 28.7 Å². The van der Waals surface area contributed by atoms with Gasteiger partial charge in [-0.1, -0.05) is 18.2 Å². The van der Waals surface area contributed by atoms with Gasteiger partial charge in [0, 0.05) is 29.7 Å². The molecule has 0 fully saturated rings. The van der Waals surface area contributed by atoms with Crippen molar-refractivity contribution < 1.29 is 4.79 Å². The summed E-state index contributed by atoms with van der Waals surface area (Å²) >= 11 is 0. The fourth-order valence-corrected chi connectivity index (χ4v) is 2.20. The second-order valence-electron chi connectivity index (χ2n) is 5.10. The number of amides is 1. The molecule has 0 saturated carbocycles. The van der Waals surface area contributed by atoms with Crippen LogP contribution in [-0.4, -0.2) is 43.0 Å². The molecule has 0 radical (unpaired) electrons. The van der Waals surface area contributed by atoms with Crippen LogP contribution in [0.3, 0.4) is 0 Å². The molecule has 0 bridgehead atoms. The van der Waals surface area contributed by atoms with Gasteiger partial charge < -0.3 is 15.2 Å². The first kappa shape index (κ1) is 13.6. The molecule has 0 aliphatic heterocycles. The number of carbonyl (C=O) groups is 1.